The Balaban J connectivity index is 1.92. The number of aromatic nitrogens is 3. The van der Waals surface area contributed by atoms with Crippen LogP contribution in [0.25, 0.3) is 0 Å². The summed E-state index contributed by atoms with van der Waals surface area (Å²) in [6, 6.07) is -0.518. The number of sulfone groups is 1. The molecule has 0 saturated carbocycles. The highest BCUT2D eigenvalue weighted by molar-refractivity contribution is 7.91. The van der Waals surface area contributed by atoms with Gasteiger partial charge in [-0.25, -0.2) is 13.4 Å². The van der Waals surface area contributed by atoms with Crippen molar-refractivity contribution in [1.29, 1.82) is 0 Å². The second kappa shape index (κ2) is 6.87. The molecule has 1 fully saturated rings. The zero-order valence-electron chi connectivity index (χ0n) is 14.5. The molecule has 2 aromatic heterocycles. The van der Waals surface area contributed by atoms with Crippen LogP contribution in [0.5, 0.6) is 0 Å². The van der Waals surface area contributed by atoms with Crippen LogP contribution in [0.3, 0.4) is 0 Å². The first kappa shape index (κ1) is 18.1. The summed E-state index contributed by atoms with van der Waals surface area (Å²) in [6.45, 7) is 6.89. The molecule has 9 heteroatoms. The van der Waals surface area contributed by atoms with E-state index in [0.717, 1.165) is 10.6 Å². The summed E-state index contributed by atoms with van der Waals surface area (Å²) >= 11 is 1.46. The van der Waals surface area contributed by atoms with Crippen molar-refractivity contribution < 1.29 is 13.2 Å². The summed E-state index contributed by atoms with van der Waals surface area (Å²) in [5, 5.41) is 6.88. The fraction of sp³-hybridized carbons (Fsp3) is 0.562. The number of aryl methyl sites for hydroxylation is 1. The van der Waals surface area contributed by atoms with Crippen LogP contribution in [-0.4, -0.2) is 52.0 Å². The molecule has 0 N–H and O–H groups in total. The van der Waals surface area contributed by atoms with Gasteiger partial charge in [-0.1, -0.05) is 13.8 Å². The van der Waals surface area contributed by atoms with E-state index in [9.17, 15) is 13.2 Å². The van der Waals surface area contributed by atoms with Crippen molar-refractivity contribution in [2.75, 3.05) is 18.1 Å². The molecule has 1 aliphatic rings. The maximum atomic E-state index is 13.0. The van der Waals surface area contributed by atoms with Gasteiger partial charge in [0.15, 0.2) is 9.84 Å². The average Bonchev–Trinajstić information content (AvgIpc) is 3.23. The van der Waals surface area contributed by atoms with Crippen LogP contribution < -0.4 is 0 Å². The molecule has 1 aliphatic heterocycles. The molecule has 0 bridgehead atoms. The zero-order valence-corrected chi connectivity index (χ0v) is 16.2. The molecule has 0 radical (unpaired) electrons. The van der Waals surface area contributed by atoms with Crippen LogP contribution in [0.2, 0.25) is 0 Å². The largest absolute Gasteiger partial charge is 0.328 e. The van der Waals surface area contributed by atoms with Gasteiger partial charge in [0.2, 0.25) is 0 Å². The molecule has 7 nitrogen and oxygen atoms in total. The minimum atomic E-state index is -3.18. The highest BCUT2D eigenvalue weighted by Gasteiger charge is 2.37. The van der Waals surface area contributed by atoms with E-state index in [0.29, 0.717) is 12.2 Å². The quantitative estimate of drug-likeness (QED) is 0.808. The topological polar surface area (TPSA) is 85.2 Å². The number of carbonyl (C=O) groups excluding carboxylic acids is 1. The highest BCUT2D eigenvalue weighted by atomic mass is 32.2. The van der Waals surface area contributed by atoms with Crippen LogP contribution in [0.1, 0.15) is 53.8 Å². The summed E-state index contributed by atoms with van der Waals surface area (Å²) in [5.74, 6) is -0.0487. The van der Waals surface area contributed by atoms with Crippen molar-refractivity contribution in [2.45, 2.75) is 39.3 Å². The zero-order chi connectivity index (χ0) is 18.2. The molecule has 3 rings (SSSR count). The lowest BCUT2D eigenvalue weighted by Crippen LogP contribution is -2.46. The molecular weight excluding hydrogens is 360 g/mol. The van der Waals surface area contributed by atoms with Gasteiger partial charge in [0.05, 0.1) is 28.8 Å². The summed E-state index contributed by atoms with van der Waals surface area (Å²) < 4.78 is 26.0. The third-order valence-corrected chi connectivity index (χ3v) is 7.06. The second-order valence-electron chi connectivity index (χ2n) is 6.48. The number of hydrogen-bond acceptors (Lipinski definition) is 6. The number of amides is 1. The molecule has 25 heavy (non-hydrogen) atoms. The van der Waals surface area contributed by atoms with Gasteiger partial charge < -0.3 is 4.90 Å². The first-order chi connectivity index (χ1) is 11.8. The van der Waals surface area contributed by atoms with E-state index in [1.165, 1.54) is 11.3 Å². The van der Waals surface area contributed by atoms with Gasteiger partial charge in [-0.2, -0.15) is 5.10 Å². The standard InChI is InChI=1S/C16H22N4O3S2/c1-4-19-8-12(7-17-19)14-10-25(22,23)6-5-20(14)16(21)13-9-24-15(18-13)11(2)3/h7-9,11,14H,4-6,10H2,1-3H3. The summed E-state index contributed by atoms with van der Waals surface area (Å²) in [6.07, 6.45) is 3.46. The molecule has 0 aliphatic carbocycles. The third kappa shape index (κ3) is 3.77. The van der Waals surface area contributed by atoms with E-state index in [1.807, 2.05) is 27.0 Å². The predicted octanol–water partition coefficient (Wildman–Crippen LogP) is 2.09. The normalized spacial score (nSPS) is 20.2. The van der Waals surface area contributed by atoms with Crippen molar-refractivity contribution in [3.63, 3.8) is 0 Å². The Bertz CT molecular complexity index is 870. The van der Waals surface area contributed by atoms with Crippen molar-refractivity contribution in [1.82, 2.24) is 19.7 Å². The number of carbonyl (C=O) groups is 1. The van der Waals surface area contributed by atoms with Gasteiger partial charge in [-0.15, -0.1) is 11.3 Å². The van der Waals surface area contributed by atoms with Gasteiger partial charge in [0.1, 0.15) is 5.69 Å². The van der Waals surface area contributed by atoms with E-state index in [-0.39, 0.29) is 29.9 Å². The summed E-state index contributed by atoms with van der Waals surface area (Å²) in [5.41, 5.74) is 1.14. The third-order valence-electron chi connectivity index (χ3n) is 4.29. The Labute approximate surface area is 151 Å². The number of thiazole rings is 1. The van der Waals surface area contributed by atoms with Gasteiger partial charge in [0.25, 0.3) is 5.91 Å². The Morgan fingerprint density at radius 2 is 2.20 bits per heavy atom. The van der Waals surface area contributed by atoms with Crippen molar-refractivity contribution in [2.24, 2.45) is 0 Å². The minimum absolute atomic E-state index is 0.0155. The van der Waals surface area contributed by atoms with Crippen LogP contribution in [0, 0.1) is 0 Å². The van der Waals surface area contributed by atoms with E-state index < -0.39 is 15.9 Å². The van der Waals surface area contributed by atoms with E-state index in [2.05, 4.69) is 10.1 Å². The number of rotatable bonds is 4. The first-order valence-corrected chi connectivity index (χ1v) is 11.0. The lowest BCUT2D eigenvalue weighted by molar-refractivity contribution is 0.0692. The molecule has 0 spiro atoms. The molecule has 1 amide bonds. The van der Waals surface area contributed by atoms with Crippen molar-refractivity contribution in [3.8, 4) is 0 Å². The molecule has 1 unspecified atom stereocenters. The van der Waals surface area contributed by atoms with Crippen LogP contribution in [0.15, 0.2) is 17.8 Å². The molecule has 1 atom stereocenters. The highest BCUT2D eigenvalue weighted by Crippen LogP contribution is 2.29. The Kier molecular flexibility index (Phi) is 4.97. The fourth-order valence-electron chi connectivity index (χ4n) is 2.85. The second-order valence-corrected chi connectivity index (χ2v) is 9.60. The number of hydrogen-bond donors (Lipinski definition) is 0. The molecule has 2 aromatic rings. The van der Waals surface area contributed by atoms with Crippen molar-refractivity contribution >= 4 is 27.1 Å². The van der Waals surface area contributed by atoms with Crippen LogP contribution >= 0.6 is 11.3 Å². The minimum Gasteiger partial charge on any atom is -0.328 e. The lowest BCUT2D eigenvalue weighted by Gasteiger charge is -2.34. The van der Waals surface area contributed by atoms with Crippen LogP contribution in [0.4, 0.5) is 0 Å². The average molecular weight is 383 g/mol. The van der Waals surface area contributed by atoms with Gasteiger partial charge in [-0.3, -0.25) is 9.48 Å². The molecule has 136 valence electrons. The monoisotopic (exact) mass is 382 g/mol. The maximum absolute atomic E-state index is 13.0. The summed E-state index contributed by atoms with van der Waals surface area (Å²) in [7, 11) is -3.18. The molecule has 0 aromatic carbocycles. The van der Waals surface area contributed by atoms with E-state index in [1.54, 1.807) is 21.2 Å². The molecule has 3 heterocycles. The van der Waals surface area contributed by atoms with Crippen LogP contribution in [-0.2, 0) is 16.4 Å². The van der Waals surface area contributed by atoms with Gasteiger partial charge in [0, 0.05) is 36.1 Å². The smallest absolute Gasteiger partial charge is 0.273 e. The van der Waals surface area contributed by atoms with Gasteiger partial charge in [-0.05, 0) is 6.92 Å². The van der Waals surface area contributed by atoms with E-state index in [4.69, 9.17) is 0 Å². The lowest BCUT2D eigenvalue weighted by atomic mass is 10.1. The maximum Gasteiger partial charge on any atom is 0.273 e. The molecule has 1 saturated heterocycles. The molecular formula is C16H22N4O3S2. The Hall–Kier alpha value is -1.74. The Morgan fingerprint density at radius 3 is 2.80 bits per heavy atom. The SMILES string of the molecule is CCn1cc(C2CS(=O)(=O)CCN2C(=O)c2csc(C(C)C)n2)cn1. The van der Waals surface area contributed by atoms with Gasteiger partial charge >= 0.3 is 0 Å². The summed E-state index contributed by atoms with van der Waals surface area (Å²) in [4.78, 5) is 19.0. The first-order valence-electron chi connectivity index (χ1n) is 8.30. The predicted molar refractivity (Wildman–Crippen MR) is 96.5 cm³/mol. The number of nitrogens with zero attached hydrogens (tertiary/aromatic N) is 4. The van der Waals surface area contributed by atoms with E-state index >= 15 is 0 Å². The Morgan fingerprint density at radius 1 is 1.44 bits per heavy atom. The fourth-order valence-corrected chi connectivity index (χ4v) is 5.15. The van der Waals surface area contributed by atoms with Crippen molar-refractivity contribution in [3.05, 3.63) is 34.0 Å².